The summed E-state index contributed by atoms with van der Waals surface area (Å²) in [5, 5.41) is 1.23. The molecule has 2 amide bonds. The maximum Gasteiger partial charge on any atom is 0.338 e. The predicted molar refractivity (Wildman–Crippen MR) is 142 cm³/mol. The van der Waals surface area contributed by atoms with Gasteiger partial charge in [0.1, 0.15) is 6.61 Å². The zero-order valence-corrected chi connectivity index (χ0v) is 20.8. The molecule has 0 unspecified atom stereocenters. The molecule has 9 heteroatoms. The molecule has 39 heavy (non-hydrogen) atoms. The fourth-order valence-corrected chi connectivity index (χ4v) is 4.80. The summed E-state index contributed by atoms with van der Waals surface area (Å²) in [5.41, 5.74) is 7.88. The first-order valence-corrected chi connectivity index (χ1v) is 12.4. The highest BCUT2D eigenvalue weighted by Gasteiger charge is 2.33. The molecular weight excluding hydrogens is 494 g/mol. The zero-order chi connectivity index (χ0) is 26.8. The van der Waals surface area contributed by atoms with Crippen molar-refractivity contribution in [1.29, 1.82) is 0 Å². The van der Waals surface area contributed by atoms with E-state index in [9.17, 15) is 14.4 Å². The van der Waals surface area contributed by atoms with Crippen molar-refractivity contribution in [3.8, 4) is 0 Å². The molecule has 0 radical (unpaired) electrons. The maximum absolute atomic E-state index is 13.8. The fraction of sp³-hybridized carbons (Fsp3) is 0.100. The van der Waals surface area contributed by atoms with Crippen LogP contribution in [0, 0.1) is 0 Å². The third kappa shape index (κ3) is 4.61. The van der Waals surface area contributed by atoms with E-state index in [1.54, 1.807) is 30.5 Å². The number of nitrogens with one attached hydrogen (secondary N) is 1. The number of amides is 2. The lowest BCUT2D eigenvalue weighted by Crippen LogP contribution is -2.42. The van der Waals surface area contributed by atoms with Gasteiger partial charge in [-0.15, -0.1) is 0 Å². The van der Waals surface area contributed by atoms with E-state index < -0.39 is 11.9 Å². The second kappa shape index (κ2) is 10.2. The molecule has 1 aliphatic heterocycles. The number of benzene rings is 1. The number of hydrazine groups is 1. The second-order valence-electron chi connectivity index (χ2n) is 9.05. The van der Waals surface area contributed by atoms with Crippen molar-refractivity contribution in [2.75, 3.05) is 0 Å². The van der Waals surface area contributed by atoms with Crippen LogP contribution in [0.25, 0.3) is 11.3 Å². The molecule has 1 aromatic carbocycles. The summed E-state index contributed by atoms with van der Waals surface area (Å²) in [5.74, 6) is -1.27. The third-order valence-corrected chi connectivity index (χ3v) is 6.62. The minimum Gasteiger partial charge on any atom is -0.456 e. The minimum absolute atomic E-state index is 0.0107. The van der Waals surface area contributed by atoms with Crippen molar-refractivity contribution in [1.82, 2.24) is 25.0 Å². The van der Waals surface area contributed by atoms with Gasteiger partial charge in [-0.05, 0) is 48.7 Å². The SMILES string of the molecule is O=C(NN1C=C(c2ccccc2)n2c(COC(=O)c3ccncc3)cc3c2C(=CCC3)C1=O)c1ccncc1. The smallest absolute Gasteiger partial charge is 0.338 e. The van der Waals surface area contributed by atoms with Gasteiger partial charge in [-0.25, -0.2) is 9.80 Å². The van der Waals surface area contributed by atoms with Crippen LogP contribution in [0.5, 0.6) is 0 Å². The van der Waals surface area contributed by atoms with E-state index in [1.165, 1.54) is 29.8 Å². The molecule has 4 aromatic rings. The van der Waals surface area contributed by atoms with Crippen molar-refractivity contribution in [2.45, 2.75) is 19.4 Å². The summed E-state index contributed by atoms with van der Waals surface area (Å²) in [6.45, 7) is -0.0107. The summed E-state index contributed by atoms with van der Waals surface area (Å²) < 4.78 is 7.64. The second-order valence-corrected chi connectivity index (χ2v) is 9.05. The number of rotatable bonds is 6. The molecule has 9 nitrogen and oxygen atoms in total. The van der Waals surface area contributed by atoms with Crippen LogP contribution < -0.4 is 5.43 Å². The van der Waals surface area contributed by atoms with E-state index in [1.807, 2.05) is 47.0 Å². The zero-order valence-electron chi connectivity index (χ0n) is 20.8. The van der Waals surface area contributed by atoms with Crippen LogP contribution in [0.2, 0.25) is 0 Å². The largest absolute Gasteiger partial charge is 0.456 e. The number of ether oxygens (including phenoxy) is 1. The van der Waals surface area contributed by atoms with Crippen molar-refractivity contribution in [2.24, 2.45) is 0 Å². The first-order chi connectivity index (χ1) is 19.1. The van der Waals surface area contributed by atoms with Crippen molar-refractivity contribution in [3.63, 3.8) is 0 Å². The normalized spacial score (nSPS) is 14.1. The van der Waals surface area contributed by atoms with Gasteiger partial charge >= 0.3 is 5.97 Å². The number of nitrogens with zero attached hydrogens (tertiary/aromatic N) is 4. The van der Waals surface area contributed by atoms with E-state index in [4.69, 9.17) is 4.74 Å². The number of allylic oxidation sites excluding steroid dienone is 1. The van der Waals surface area contributed by atoms with Crippen LogP contribution in [0.3, 0.4) is 0 Å². The van der Waals surface area contributed by atoms with Crippen LogP contribution >= 0.6 is 0 Å². The fourth-order valence-electron chi connectivity index (χ4n) is 4.80. The van der Waals surface area contributed by atoms with E-state index in [2.05, 4.69) is 15.4 Å². The standard InChI is InChI=1S/C30H23N5O4/c36-28(21-9-13-31-14-10-21)33-34-18-26(20-5-2-1-3-6-20)35-24(19-39-30(38)22-11-15-32-16-12-22)17-23-7-4-8-25(27(23)35)29(34)37/h1-3,5-6,8-18H,4,7,19H2,(H,33,36). The first-order valence-electron chi connectivity index (χ1n) is 12.4. The van der Waals surface area contributed by atoms with Gasteiger partial charge in [0.25, 0.3) is 11.8 Å². The van der Waals surface area contributed by atoms with Gasteiger partial charge in [0.2, 0.25) is 0 Å². The Kier molecular flexibility index (Phi) is 6.30. The number of aromatic nitrogens is 3. The van der Waals surface area contributed by atoms with E-state index >= 15 is 0 Å². The molecule has 3 aromatic heterocycles. The van der Waals surface area contributed by atoms with Gasteiger partial charge in [0.05, 0.1) is 34.4 Å². The number of pyridine rings is 2. The number of aryl methyl sites for hydroxylation is 1. The highest BCUT2D eigenvalue weighted by Crippen LogP contribution is 2.37. The number of esters is 1. The molecule has 0 saturated heterocycles. The molecule has 1 aliphatic carbocycles. The first kappa shape index (κ1) is 24.1. The van der Waals surface area contributed by atoms with Gasteiger partial charge in [-0.1, -0.05) is 36.4 Å². The third-order valence-electron chi connectivity index (χ3n) is 6.62. The predicted octanol–water partition coefficient (Wildman–Crippen LogP) is 4.00. The van der Waals surface area contributed by atoms with E-state index in [0.717, 1.165) is 23.2 Å². The number of carbonyl (C=O) groups excluding carboxylic acids is 3. The Morgan fingerprint density at radius 3 is 2.33 bits per heavy atom. The van der Waals surface area contributed by atoms with Crippen LogP contribution in [0.4, 0.5) is 0 Å². The Labute approximate surface area is 224 Å². The summed E-state index contributed by atoms with van der Waals surface area (Å²) >= 11 is 0. The molecule has 0 fully saturated rings. The molecule has 0 spiro atoms. The average Bonchev–Trinajstić information content (AvgIpc) is 3.31. The molecule has 6 rings (SSSR count). The summed E-state index contributed by atoms with van der Waals surface area (Å²) in [6.07, 6.45) is 11.0. The van der Waals surface area contributed by atoms with Gasteiger partial charge < -0.3 is 9.30 Å². The minimum atomic E-state index is -0.471. The monoisotopic (exact) mass is 517 g/mol. The quantitative estimate of drug-likeness (QED) is 0.388. The van der Waals surface area contributed by atoms with Crippen molar-refractivity contribution >= 4 is 29.1 Å². The van der Waals surface area contributed by atoms with Crippen LogP contribution in [-0.2, 0) is 22.6 Å². The lowest BCUT2D eigenvalue weighted by molar-refractivity contribution is -0.124. The van der Waals surface area contributed by atoms with Crippen molar-refractivity contribution in [3.05, 3.63) is 131 Å². The Bertz CT molecular complexity index is 1630. The lowest BCUT2D eigenvalue weighted by Gasteiger charge is -2.21. The molecule has 0 bridgehead atoms. The van der Waals surface area contributed by atoms with Crippen LogP contribution in [0.1, 0.15) is 49.7 Å². The Hall–Kier alpha value is -5.31. The van der Waals surface area contributed by atoms with E-state index in [-0.39, 0.29) is 12.5 Å². The Morgan fingerprint density at radius 1 is 0.923 bits per heavy atom. The highest BCUT2D eigenvalue weighted by atomic mass is 16.5. The maximum atomic E-state index is 13.8. The van der Waals surface area contributed by atoms with Gasteiger partial charge in [0, 0.05) is 35.9 Å². The highest BCUT2D eigenvalue weighted by molar-refractivity contribution is 6.21. The molecule has 1 N–H and O–H groups in total. The van der Waals surface area contributed by atoms with Crippen LogP contribution in [-0.4, -0.2) is 37.3 Å². The lowest BCUT2D eigenvalue weighted by atomic mass is 9.96. The molecular formula is C30H23N5O4. The summed E-state index contributed by atoms with van der Waals surface area (Å²) in [6, 6.07) is 17.9. The number of carbonyl (C=O) groups is 3. The average molecular weight is 518 g/mol. The Balaban J connectivity index is 1.43. The topological polar surface area (TPSA) is 106 Å². The summed E-state index contributed by atoms with van der Waals surface area (Å²) in [4.78, 5) is 47.5. The number of hydrogen-bond acceptors (Lipinski definition) is 6. The van der Waals surface area contributed by atoms with Crippen LogP contribution in [0.15, 0.2) is 97.7 Å². The molecule has 0 atom stereocenters. The van der Waals surface area contributed by atoms with E-state index in [0.29, 0.717) is 34.5 Å². The molecule has 0 saturated carbocycles. The van der Waals surface area contributed by atoms with Crippen molar-refractivity contribution < 1.29 is 19.1 Å². The Morgan fingerprint density at radius 2 is 1.62 bits per heavy atom. The van der Waals surface area contributed by atoms with Gasteiger partial charge in [-0.2, -0.15) is 0 Å². The molecule has 4 heterocycles. The number of hydrogen-bond donors (Lipinski definition) is 1. The van der Waals surface area contributed by atoms with Gasteiger partial charge in [0.15, 0.2) is 0 Å². The van der Waals surface area contributed by atoms with Gasteiger partial charge in [-0.3, -0.25) is 25.0 Å². The molecule has 2 aliphatic rings. The summed E-state index contributed by atoms with van der Waals surface area (Å²) in [7, 11) is 0. The molecule has 192 valence electrons.